The molecule has 0 spiro atoms. The topological polar surface area (TPSA) is 30.2 Å². The van der Waals surface area contributed by atoms with Crippen molar-refractivity contribution in [3.05, 3.63) is 54.0 Å². The third-order valence-corrected chi connectivity index (χ3v) is 3.94. The smallest absolute Gasteiger partial charge is 0.162 e. The molecule has 0 radical (unpaired) electrons. The van der Waals surface area contributed by atoms with E-state index in [1.165, 1.54) is 4.90 Å². The van der Waals surface area contributed by atoms with Gasteiger partial charge in [-0.3, -0.25) is 4.79 Å². The molecule has 0 unspecified atom stereocenters. The molecule has 1 heterocycles. The van der Waals surface area contributed by atoms with Crippen LogP contribution in [0.2, 0.25) is 0 Å². The number of hydrogen-bond acceptors (Lipinski definition) is 3. The van der Waals surface area contributed by atoms with E-state index in [1.54, 1.807) is 18.0 Å². The minimum absolute atomic E-state index is 0.222. The van der Waals surface area contributed by atoms with E-state index in [0.29, 0.717) is 6.42 Å². The van der Waals surface area contributed by atoms with Crippen molar-refractivity contribution in [3.8, 4) is 0 Å². The van der Waals surface area contributed by atoms with Crippen LogP contribution in [0.15, 0.2) is 52.0 Å². The summed E-state index contributed by atoms with van der Waals surface area (Å²) in [5, 5.41) is 0. The van der Waals surface area contributed by atoms with E-state index in [-0.39, 0.29) is 5.78 Å². The molecule has 1 aromatic heterocycles. The van der Waals surface area contributed by atoms with Crippen molar-refractivity contribution in [2.24, 2.45) is 0 Å². The van der Waals surface area contributed by atoms with Crippen molar-refractivity contribution < 1.29 is 9.21 Å². The van der Waals surface area contributed by atoms with Crippen LogP contribution in [0.1, 0.15) is 29.0 Å². The molecule has 0 aliphatic heterocycles. The predicted molar refractivity (Wildman–Crippen MR) is 74.2 cm³/mol. The summed E-state index contributed by atoms with van der Waals surface area (Å²) in [5.41, 5.74) is 0.807. The Kier molecular flexibility index (Phi) is 4.65. The van der Waals surface area contributed by atoms with Gasteiger partial charge in [0.2, 0.25) is 0 Å². The van der Waals surface area contributed by atoms with Gasteiger partial charge in [0.1, 0.15) is 5.76 Å². The van der Waals surface area contributed by atoms with E-state index in [9.17, 15) is 4.79 Å². The maximum atomic E-state index is 11.8. The van der Waals surface area contributed by atoms with E-state index in [2.05, 4.69) is 0 Å². The molecular weight excluding hydrogens is 244 g/mol. The van der Waals surface area contributed by atoms with Gasteiger partial charge in [0, 0.05) is 16.9 Å². The molecule has 0 bridgehead atoms. The molecule has 0 atom stereocenters. The molecule has 0 fully saturated rings. The van der Waals surface area contributed by atoms with Crippen LogP contribution in [-0.4, -0.2) is 11.5 Å². The standard InChI is InChI=1S/C15H16O2S/c1-12-15(9-10-17-12)18-11-5-8-14(16)13-6-3-2-4-7-13/h2-4,6-7,9-10H,5,8,11H2,1H3. The Balaban J connectivity index is 1.73. The Hall–Kier alpha value is -1.48. The molecule has 0 aliphatic rings. The van der Waals surface area contributed by atoms with Crippen molar-refractivity contribution in [3.63, 3.8) is 0 Å². The number of thioether (sulfide) groups is 1. The maximum absolute atomic E-state index is 11.8. The summed E-state index contributed by atoms with van der Waals surface area (Å²) < 4.78 is 5.22. The van der Waals surface area contributed by atoms with Gasteiger partial charge in [0.05, 0.1) is 6.26 Å². The van der Waals surface area contributed by atoms with Crippen LogP contribution in [0.3, 0.4) is 0 Å². The number of carbonyl (C=O) groups excluding carboxylic acids is 1. The first-order chi connectivity index (χ1) is 8.77. The van der Waals surface area contributed by atoms with Crippen molar-refractivity contribution in [2.45, 2.75) is 24.7 Å². The van der Waals surface area contributed by atoms with Crippen molar-refractivity contribution in [1.82, 2.24) is 0 Å². The van der Waals surface area contributed by atoms with Gasteiger partial charge in [-0.05, 0) is 25.2 Å². The van der Waals surface area contributed by atoms with E-state index < -0.39 is 0 Å². The highest BCUT2D eigenvalue weighted by atomic mass is 32.2. The summed E-state index contributed by atoms with van der Waals surface area (Å²) in [6, 6.07) is 11.4. The predicted octanol–water partition coefficient (Wildman–Crippen LogP) is 4.34. The first kappa shape index (κ1) is 13.0. The number of benzene rings is 1. The number of aryl methyl sites for hydroxylation is 1. The van der Waals surface area contributed by atoms with E-state index in [0.717, 1.165) is 23.5 Å². The Morgan fingerprint density at radius 2 is 2.00 bits per heavy atom. The molecule has 2 nitrogen and oxygen atoms in total. The number of furan rings is 1. The van der Waals surface area contributed by atoms with Gasteiger partial charge < -0.3 is 4.42 Å². The zero-order chi connectivity index (χ0) is 12.8. The zero-order valence-electron chi connectivity index (χ0n) is 10.4. The zero-order valence-corrected chi connectivity index (χ0v) is 11.2. The van der Waals surface area contributed by atoms with Crippen LogP contribution >= 0.6 is 11.8 Å². The van der Waals surface area contributed by atoms with Gasteiger partial charge >= 0.3 is 0 Å². The molecule has 18 heavy (non-hydrogen) atoms. The number of rotatable bonds is 6. The average molecular weight is 260 g/mol. The molecule has 1 aromatic carbocycles. The van der Waals surface area contributed by atoms with Gasteiger partial charge in [0.25, 0.3) is 0 Å². The largest absolute Gasteiger partial charge is 0.468 e. The Bertz CT molecular complexity index is 502. The lowest BCUT2D eigenvalue weighted by Crippen LogP contribution is -1.99. The second kappa shape index (κ2) is 6.45. The first-order valence-electron chi connectivity index (χ1n) is 6.02. The highest BCUT2D eigenvalue weighted by Crippen LogP contribution is 2.24. The molecule has 94 valence electrons. The van der Waals surface area contributed by atoms with E-state index in [4.69, 9.17) is 4.42 Å². The van der Waals surface area contributed by atoms with Crippen LogP contribution < -0.4 is 0 Å². The van der Waals surface area contributed by atoms with E-state index >= 15 is 0 Å². The molecule has 0 saturated carbocycles. The summed E-state index contributed by atoms with van der Waals surface area (Å²) in [6.07, 6.45) is 3.20. The van der Waals surface area contributed by atoms with Gasteiger partial charge in [0.15, 0.2) is 5.78 Å². The molecule has 2 aromatic rings. The normalized spacial score (nSPS) is 10.5. The van der Waals surface area contributed by atoms with Crippen molar-refractivity contribution in [2.75, 3.05) is 5.75 Å². The van der Waals surface area contributed by atoms with Gasteiger partial charge in [-0.2, -0.15) is 0 Å². The SMILES string of the molecule is Cc1occc1SCCCC(=O)c1ccccc1. The fourth-order valence-corrected chi connectivity index (χ4v) is 2.62. The number of ketones is 1. The monoisotopic (exact) mass is 260 g/mol. The number of hydrogen-bond donors (Lipinski definition) is 0. The molecule has 0 amide bonds. The average Bonchev–Trinajstić information content (AvgIpc) is 2.81. The first-order valence-corrected chi connectivity index (χ1v) is 7.01. The lowest BCUT2D eigenvalue weighted by Gasteiger charge is -2.01. The summed E-state index contributed by atoms with van der Waals surface area (Å²) in [7, 11) is 0. The second-order valence-electron chi connectivity index (χ2n) is 4.08. The summed E-state index contributed by atoms with van der Waals surface area (Å²) in [5.74, 6) is 2.12. The van der Waals surface area contributed by atoms with Crippen LogP contribution in [0.25, 0.3) is 0 Å². The Morgan fingerprint density at radius 1 is 1.22 bits per heavy atom. The van der Waals surface area contributed by atoms with Crippen LogP contribution in [0.5, 0.6) is 0 Å². The molecule has 3 heteroatoms. The van der Waals surface area contributed by atoms with Crippen LogP contribution in [-0.2, 0) is 0 Å². The van der Waals surface area contributed by atoms with Crippen LogP contribution in [0.4, 0.5) is 0 Å². The minimum atomic E-state index is 0.222. The van der Waals surface area contributed by atoms with Gasteiger partial charge in [-0.15, -0.1) is 11.8 Å². The third-order valence-electron chi connectivity index (χ3n) is 2.71. The van der Waals surface area contributed by atoms with Crippen molar-refractivity contribution >= 4 is 17.5 Å². The lowest BCUT2D eigenvalue weighted by atomic mass is 10.1. The highest BCUT2D eigenvalue weighted by molar-refractivity contribution is 7.99. The lowest BCUT2D eigenvalue weighted by molar-refractivity contribution is 0.0982. The molecule has 0 aliphatic carbocycles. The number of carbonyl (C=O) groups is 1. The maximum Gasteiger partial charge on any atom is 0.162 e. The van der Waals surface area contributed by atoms with E-state index in [1.807, 2.05) is 43.3 Å². The number of Topliss-reactive ketones (excluding diaryl/α,β-unsaturated/α-hetero) is 1. The summed E-state index contributed by atoms with van der Waals surface area (Å²) in [6.45, 7) is 1.96. The summed E-state index contributed by atoms with van der Waals surface area (Å²) in [4.78, 5) is 13.0. The molecule has 0 saturated heterocycles. The van der Waals surface area contributed by atoms with Gasteiger partial charge in [-0.25, -0.2) is 0 Å². The van der Waals surface area contributed by atoms with Crippen molar-refractivity contribution in [1.29, 1.82) is 0 Å². The fraction of sp³-hybridized carbons (Fsp3) is 0.267. The Labute approximate surface area is 111 Å². The minimum Gasteiger partial charge on any atom is -0.468 e. The molecular formula is C15H16O2S. The fourth-order valence-electron chi connectivity index (χ4n) is 1.71. The van der Waals surface area contributed by atoms with Gasteiger partial charge in [-0.1, -0.05) is 30.3 Å². The second-order valence-corrected chi connectivity index (χ2v) is 5.22. The third kappa shape index (κ3) is 3.50. The summed E-state index contributed by atoms with van der Waals surface area (Å²) >= 11 is 1.74. The molecule has 0 N–H and O–H groups in total. The molecule has 2 rings (SSSR count). The van der Waals surface area contributed by atoms with Crippen LogP contribution in [0, 0.1) is 6.92 Å². The Morgan fingerprint density at radius 3 is 2.67 bits per heavy atom. The quantitative estimate of drug-likeness (QED) is 0.439. The highest BCUT2D eigenvalue weighted by Gasteiger charge is 2.06.